The van der Waals surface area contributed by atoms with Crippen LogP contribution in [-0.4, -0.2) is 55.7 Å². The first-order valence-electron chi connectivity index (χ1n) is 9.74. The summed E-state index contributed by atoms with van der Waals surface area (Å²) < 4.78 is 5.88. The number of rotatable bonds is 9. The summed E-state index contributed by atoms with van der Waals surface area (Å²) in [6.45, 7) is 8.25. The summed E-state index contributed by atoms with van der Waals surface area (Å²) in [5.74, 6) is 0.955. The maximum absolute atomic E-state index is 5.88. The Morgan fingerprint density at radius 2 is 1.50 bits per heavy atom. The Balaban J connectivity index is 1.38. The molecule has 1 aliphatic heterocycles. The van der Waals surface area contributed by atoms with Gasteiger partial charge in [0.15, 0.2) is 0 Å². The third kappa shape index (κ3) is 6.13. The van der Waals surface area contributed by atoms with Crippen molar-refractivity contribution in [2.45, 2.75) is 19.4 Å². The van der Waals surface area contributed by atoms with Crippen molar-refractivity contribution in [3.05, 3.63) is 65.7 Å². The predicted molar refractivity (Wildman–Crippen MR) is 107 cm³/mol. The van der Waals surface area contributed by atoms with E-state index in [-0.39, 0.29) is 0 Å². The van der Waals surface area contributed by atoms with E-state index in [9.17, 15) is 0 Å². The molecular formula is C22H31N3O. The Bertz CT molecular complexity index is 622. The Hall–Kier alpha value is -1.88. The molecule has 1 fully saturated rings. The molecule has 4 heteroatoms. The number of ether oxygens (including phenoxy) is 1. The quantitative estimate of drug-likeness (QED) is 0.753. The molecule has 0 atom stereocenters. The third-order valence-electron chi connectivity index (χ3n) is 4.98. The van der Waals surface area contributed by atoms with Gasteiger partial charge in [-0.15, -0.1) is 0 Å². The molecule has 26 heavy (non-hydrogen) atoms. The largest absolute Gasteiger partial charge is 0.493 e. The van der Waals surface area contributed by atoms with Crippen LogP contribution in [0, 0.1) is 0 Å². The molecule has 1 aliphatic rings. The van der Waals surface area contributed by atoms with Crippen LogP contribution >= 0.6 is 0 Å². The predicted octanol–water partition coefficient (Wildman–Crippen LogP) is 2.77. The SMILES string of the molecule is NCCCN1CCN(Cc2ccc(OCCc3ccccc3)cc2)CC1. The zero-order valence-electron chi connectivity index (χ0n) is 15.6. The van der Waals surface area contributed by atoms with Gasteiger partial charge in [0.25, 0.3) is 0 Å². The van der Waals surface area contributed by atoms with E-state index in [4.69, 9.17) is 10.5 Å². The van der Waals surface area contributed by atoms with Crippen LogP contribution in [0.4, 0.5) is 0 Å². The maximum Gasteiger partial charge on any atom is 0.119 e. The second-order valence-electron chi connectivity index (χ2n) is 6.99. The van der Waals surface area contributed by atoms with Crippen LogP contribution in [-0.2, 0) is 13.0 Å². The molecule has 0 unspecified atom stereocenters. The fraction of sp³-hybridized carbons (Fsp3) is 0.455. The van der Waals surface area contributed by atoms with Gasteiger partial charge < -0.3 is 15.4 Å². The first kappa shape index (κ1) is 18.9. The van der Waals surface area contributed by atoms with Crippen molar-refractivity contribution in [2.75, 3.05) is 45.9 Å². The summed E-state index contributed by atoms with van der Waals surface area (Å²) in [7, 11) is 0. The minimum Gasteiger partial charge on any atom is -0.493 e. The summed E-state index contributed by atoms with van der Waals surface area (Å²) in [5.41, 5.74) is 8.27. The van der Waals surface area contributed by atoms with Gasteiger partial charge in [0.2, 0.25) is 0 Å². The van der Waals surface area contributed by atoms with Crippen molar-refractivity contribution in [3.63, 3.8) is 0 Å². The molecular weight excluding hydrogens is 322 g/mol. The molecule has 1 saturated heterocycles. The summed E-state index contributed by atoms with van der Waals surface area (Å²) in [5, 5.41) is 0. The van der Waals surface area contributed by atoms with E-state index < -0.39 is 0 Å². The van der Waals surface area contributed by atoms with Crippen LogP contribution in [0.25, 0.3) is 0 Å². The van der Waals surface area contributed by atoms with E-state index in [0.29, 0.717) is 6.61 Å². The van der Waals surface area contributed by atoms with Gasteiger partial charge in [-0.3, -0.25) is 4.90 Å². The fourth-order valence-corrected chi connectivity index (χ4v) is 3.37. The molecule has 0 saturated carbocycles. The number of nitrogens with zero attached hydrogens (tertiary/aromatic N) is 2. The van der Waals surface area contributed by atoms with Gasteiger partial charge in [-0.25, -0.2) is 0 Å². The molecule has 0 bridgehead atoms. The topological polar surface area (TPSA) is 41.7 Å². The van der Waals surface area contributed by atoms with Crippen molar-refractivity contribution in [1.82, 2.24) is 9.80 Å². The van der Waals surface area contributed by atoms with Crippen molar-refractivity contribution in [2.24, 2.45) is 5.73 Å². The molecule has 0 aromatic heterocycles. The molecule has 3 rings (SSSR count). The average Bonchev–Trinajstić information content (AvgIpc) is 2.70. The molecule has 0 spiro atoms. The van der Waals surface area contributed by atoms with Gasteiger partial charge in [0.1, 0.15) is 5.75 Å². The van der Waals surface area contributed by atoms with E-state index in [1.165, 1.54) is 11.1 Å². The first-order chi connectivity index (χ1) is 12.8. The van der Waals surface area contributed by atoms with Crippen LogP contribution in [0.2, 0.25) is 0 Å². The highest BCUT2D eigenvalue weighted by Crippen LogP contribution is 2.15. The van der Waals surface area contributed by atoms with Crippen LogP contribution in [0.1, 0.15) is 17.5 Å². The van der Waals surface area contributed by atoms with Crippen LogP contribution < -0.4 is 10.5 Å². The second kappa shape index (κ2) is 10.3. The lowest BCUT2D eigenvalue weighted by molar-refractivity contribution is 0.126. The minimum atomic E-state index is 0.716. The highest BCUT2D eigenvalue weighted by atomic mass is 16.5. The number of nitrogens with two attached hydrogens (primary N) is 1. The Morgan fingerprint density at radius 1 is 0.808 bits per heavy atom. The lowest BCUT2D eigenvalue weighted by Crippen LogP contribution is -2.46. The van der Waals surface area contributed by atoms with E-state index in [1.807, 2.05) is 6.07 Å². The summed E-state index contributed by atoms with van der Waals surface area (Å²) in [4.78, 5) is 5.05. The Kier molecular flexibility index (Phi) is 7.50. The van der Waals surface area contributed by atoms with E-state index in [1.54, 1.807) is 0 Å². The number of benzene rings is 2. The summed E-state index contributed by atoms with van der Waals surface area (Å²) in [6, 6.07) is 19.0. The van der Waals surface area contributed by atoms with Crippen molar-refractivity contribution >= 4 is 0 Å². The molecule has 4 nitrogen and oxygen atoms in total. The van der Waals surface area contributed by atoms with Crippen molar-refractivity contribution in [3.8, 4) is 5.75 Å². The number of hydrogen-bond acceptors (Lipinski definition) is 4. The van der Waals surface area contributed by atoms with Gasteiger partial charge in [-0.2, -0.15) is 0 Å². The molecule has 0 amide bonds. The second-order valence-corrected chi connectivity index (χ2v) is 6.99. The average molecular weight is 354 g/mol. The number of hydrogen-bond donors (Lipinski definition) is 1. The monoisotopic (exact) mass is 353 g/mol. The van der Waals surface area contributed by atoms with Gasteiger partial charge >= 0.3 is 0 Å². The number of piperazine rings is 1. The van der Waals surface area contributed by atoms with Gasteiger partial charge in [-0.1, -0.05) is 42.5 Å². The van der Waals surface area contributed by atoms with Gasteiger partial charge in [0, 0.05) is 39.1 Å². The molecule has 2 aromatic rings. The van der Waals surface area contributed by atoms with E-state index in [0.717, 1.165) is 64.4 Å². The third-order valence-corrected chi connectivity index (χ3v) is 4.98. The highest BCUT2D eigenvalue weighted by molar-refractivity contribution is 5.27. The van der Waals surface area contributed by atoms with Crippen molar-refractivity contribution < 1.29 is 4.74 Å². The smallest absolute Gasteiger partial charge is 0.119 e. The van der Waals surface area contributed by atoms with Gasteiger partial charge in [-0.05, 0) is 42.8 Å². The highest BCUT2D eigenvalue weighted by Gasteiger charge is 2.16. The van der Waals surface area contributed by atoms with E-state index in [2.05, 4.69) is 58.3 Å². The lowest BCUT2D eigenvalue weighted by atomic mass is 10.1. The van der Waals surface area contributed by atoms with Gasteiger partial charge in [0.05, 0.1) is 6.61 Å². The lowest BCUT2D eigenvalue weighted by Gasteiger charge is -2.34. The molecule has 2 aromatic carbocycles. The normalized spacial score (nSPS) is 15.9. The maximum atomic E-state index is 5.88. The standard InChI is InChI=1S/C22H31N3O/c23-12-4-13-24-14-16-25(17-15-24)19-21-7-9-22(10-8-21)26-18-11-20-5-2-1-3-6-20/h1-3,5-10H,4,11-19,23H2. The fourth-order valence-electron chi connectivity index (χ4n) is 3.37. The van der Waals surface area contributed by atoms with E-state index >= 15 is 0 Å². The molecule has 2 N–H and O–H groups in total. The van der Waals surface area contributed by atoms with Crippen molar-refractivity contribution in [1.29, 1.82) is 0 Å². The van der Waals surface area contributed by atoms with Crippen LogP contribution in [0.3, 0.4) is 0 Å². The van der Waals surface area contributed by atoms with Crippen LogP contribution in [0.15, 0.2) is 54.6 Å². The molecule has 0 aliphatic carbocycles. The summed E-state index contributed by atoms with van der Waals surface area (Å²) >= 11 is 0. The Morgan fingerprint density at radius 3 is 2.19 bits per heavy atom. The molecule has 1 heterocycles. The van der Waals surface area contributed by atoms with Crippen LogP contribution in [0.5, 0.6) is 5.75 Å². The molecule has 140 valence electrons. The first-order valence-corrected chi connectivity index (χ1v) is 9.74. The zero-order chi connectivity index (χ0) is 18.0. The molecule has 0 radical (unpaired) electrons. The summed E-state index contributed by atoms with van der Waals surface area (Å²) in [6.07, 6.45) is 2.04. The zero-order valence-corrected chi connectivity index (χ0v) is 15.6. The Labute approximate surface area is 157 Å². The minimum absolute atomic E-state index is 0.716.